The van der Waals surface area contributed by atoms with Gasteiger partial charge >= 0.3 is 0 Å². The van der Waals surface area contributed by atoms with Crippen LogP contribution in [0.3, 0.4) is 0 Å². The lowest BCUT2D eigenvalue weighted by atomic mass is 9.75. The first kappa shape index (κ1) is 25.8. The highest BCUT2D eigenvalue weighted by atomic mass is 32.2. The molecule has 0 radical (unpaired) electrons. The van der Waals surface area contributed by atoms with Gasteiger partial charge in [0.05, 0.1) is 23.2 Å². The summed E-state index contributed by atoms with van der Waals surface area (Å²) < 4.78 is 7.86. The van der Waals surface area contributed by atoms with Crippen LogP contribution in [0.1, 0.15) is 46.2 Å². The molecule has 198 valence electrons. The Kier molecular flexibility index (Phi) is 6.76. The summed E-state index contributed by atoms with van der Waals surface area (Å²) in [5.74, 6) is 0.895. The van der Waals surface area contributed by atoms with Gasteiger partial charge in [-0.15, -0.1) is 0 Å². The number of thioether (sulfide) groups is 1. The summed E-state index contributed by atoms with van der Waals surface area (Å²) in [7, 11) is 1.72. The Labute approximate surface area is 236 Å². The standard InChI is InChI=1S/C35H37N2OS/c1-6-36-28(14-12-27-21-29(38-5)15-16-31(27)36)19-24-18-25(23-35(3,4)22-24)20-33-37(7-2)34-30-11-9-8-10-26(30)13-17-32(34)39-33/h8-21H,6-7,22-23H2,1-5H3/q+1. The number of fused-ring (bicyclic) bond motifs is 4. The molecule has 0 saturated carbocycles. The van der Waals surface area contributed by atoms with Crippen LogP contribution in [0.4, 0.5) is 5.69 Å². The van der Waals surface area contributed by atoms with Gasteiger partial charge in [-0.25, -0.2) is 0 Å². The van der Waals surface area contributed by atoms with E-state index in [-0.39, 0.29) is 5.41 Å². The minimum absolute atomic E-state index is 0.202. The van der Waals surface area contributed by atoms with E-state index in [1.807, 2.05) is 11.8 Å². The molecular formula is C35H37N2OS+. The third-order valence-electron chi connectivity index (χ3n) is 7.90. The van der Waals surface area contributed by atoms with E-state index in [4.69, 9.17) is 4.74 Å². The predicted molar refractivity (Wildman–Crippen MR) is 166 cm³/mol. The average Bonchev–Trinajstić information content (AvgIpc) is 3.29. The Bertz CT molecular complexity index is 1680. The Balaban J connectivity index is 1.40. The maximum Gasteiger partial charge on any atom is 0.213 e. The molecule has 39 heavy (non-hydrogen) atoms. The Morgan fingerprint density at radius 2 is 1.77 bits per heavy atom. The first-order valence-electron chi connectivity index (χ1n) is 14.0. The highest BCUT2D eigenvalue weighted by Gasteiger charge is 2.29. The third kappa shape index (κ3) is 4.87. The number of methoxy groups -OCH3 is 1. The van der Waals surface area contributed by atoms with Gasteiger partial charge in [0, 0.05) is 35.0 Å². The van der Waals surface area contributed by atoms with E-state index in [1.54, 1.807) is 7.11 Å². The second-order valence-corrected chi connectivity index (χ2v) is 12.4. The SMILES string of the molecule is CCN1/C(=C/C2=CC(=C/c3ccc4cc(OC)ccc4[n+]3CC)/CC(C)(C)C2)Sc2ccc3ccccc3c21. The quantitative estimate of drug-likeness (QED) is 0.238. The number of aromatic nitrogens is 1. The van der Waals surface area contributed by atoms with Gasteiger partial charge in [0.1, 0.15) is 12.3 Å². The first-order valence-corrected chi connectivity index (χ1v) is 14.8. The number of hydrogen-bond acceptors (Lipinski definition) is 3. The van der Waals surface area contributed by atoms with Gasteiger partial charge in [0.2, 0.25) is 11.2 Å². The average molecular weight is 534 g/mol. The second-order valence-electron chi connectivity index (χ2n) is 11.3. The summed E-state index contributed by atoms with van der Waals surface area (Å²) in [6.07, 6.45) is 9.42. The van der Waals surface area contributed by atoms with E-state index >= 15 is 0 Å². The van der Waals surface area contributed by atoms with Gasteiger partial charge in [-0.05, 0) is 79.0 Å². The van der Waals surface area contributed by atoms with Crippen LogP contribution in [-0.2, 0) is 6.54 Å². The summed E-state index contributed by atoms with van der Waals surface area (Å²) in [4.78, 5) is 3.85. The van der Waals surface area contributed by atoms with E-state index in [9.17, 15) is 0 Å². The molecule has 0 atom stereocenters. The molecule has 1 aliphatic heterocycles. The first-order chi connectivity index (χ1) is 18.9. The number of anilines is 1. The van der Waals surface area contributed by atoms with Crippen molar-refractivity contribution in [2.45, 2.75) is 52.0 Å². The van der Waals surface area contributed by atoms with Gasteiger partial charge < -0.3 is 9.64 Å². The molecule has 0 unspecified atom stereocenters. The van der Waals surface area contributed by atoms with E-state index < -0.39 is 0 Å². The van der Waals surface area contributed by atoms with Gasteiger partial charge in [-0.2, -0.15) is 4.57 Å². The van der Waals surface area contributed by atoms with Crippen LogP contribution in [0.2, 0.25) is 0 Å². The van der Waals surface area contributed by atoms with Crippen molar-refractivity contribution in [2.24, 2.45) is 5.41 Å². The highest BCUT2D eigenvalue weighted by Crippen LogP contribution is 2.50. The molecule has 3 aromatic carbocycles. The number of hydrogen-bond donors (Lipinski definition) is 0. The molecule has 1 aromatic heterocycles. The van der Waals surface area contributed by atoms with Crippen molar-refractivity contribution >= 4 is 45.2 Å². The van der Waals surface area contributed by atoms with Crippen LogP contribution in [0.25, 0.3) is 27.8 Å². The topological polar surface area (TPSA) is 16.4 Å². The van der Waals surface area contributed by atoms with E-state index in [1.165, 1.54) is 54.1 Å². The van der Waals surface area contributed by atoms with Crippen LogP contribution >= 0.6 is 11.8 Å². The minimum atomic E-state index is 0.202. The number of nitrogens with zero attached hydrogens (tertiary/aromatic N) is 2. The summed E-state index contributed by atoms with van der Waals surface area (Å²) in [5.41, 5.74) is 6.84. The van der Waals surface area contributed by atoms with Gasteiger partial charge in [-0.1, -0.05) is 62.0 Å². The van der Waals surface area contributed by atoms with Crippen molar-refractivity contribution in [2.75, 3.05) is 18.6 Å². The highest BCUT2D eigenvalue weighted by molar-refractivity contribution is 8.03. The maximum atomic E-state index is 5.45. The molecule has 4 heteroatoms. The monoisotopic (exact) mass is 533 g/mol. The van der Waals surface area contributed by atoms with Crippen molar-refractivity contribution in [1.29, 1.82) is 0 Å². The van der Waals surface area contributed by atoms with Crippen LogP contribution in [0, 0.1) is 5.41 Å². The van der Waals surface area contributed by atoms with Gasteiger partial charge in [0.25, 0.3) is 0 Å². The van der Waals surface area contributed by atoms with Crippen molar-refractivity contribution in [3.05, 3.63) is 101 Å². The summed E-state index contributed by atoms with van der Waals surface area (Å²) in [5, 5.41) is 5.17. The van der Waals surface area contributed by atoms with Crippen LogP contribution in [-0.4, -0.2) is 13.7 Å². The lowest BCUT2D eigenvalue weighted by Crippen LogP contribution is -2.36. The fraction of sp³-hybridized carbons (Fsp3) is 0.286. The van der Waals surface area contributed by atoms with Crippen LogP contribution in [0.15, 0.2) is 100.0 Å². The number of pyridine rings is 1. The minimum Gasteiger partial charge on any atom is -0.497 e. The molecule has 6 rings (SSSR count). The number of ether oxygens (including phenoxy) is 1. The number of aryl methyl sites for hydroxylation is 1. The van der Waals surface area contributed by atoms with E-state index in [2.05, 4.69) is 122 Å². The zero-order chi connectivity index (χ0) is 27.1. The fourth-order valence-electron chi connectivity index (χ4n) is 6.26. The van der Waals surface area contributed by atoms with E-state index in [0.29, 0.717) is 0 Å². The predicted octanol–water partition coefficient (Wildman–Crippen LogP) is 8.91. The number of allylic oxidation sites excluding steroid dienone is 4. The molecule has 2 heterocycles. The molecule has 0 amide bonds. The van der Waals surface area contributed by atoms with Gasteiger partial charge in [0.15, 0.2) is 0 Å². The van der Waals surface area contributed by atoms with Crippen molar-refractivity contribution < 1.29 is 9.30 Å². The smallest absolute Gasteiger partial charge is 0.213 e. The molecule has 1 aliphatic carbocycles. The molecule has 0 fully saturated rings. The van der Waals surface area contributed by atoms with Crippen LogP contribution < -0.4 is 14.2 Å². The van der Waals surface area contributed by atoms with Gasteiger partial charge in [-0.3, -0.25) is 0 Å². The van der Waals surface area contributed by atoms with Crippen molar-refractivity contribution in [3.63, 3.8) is 0 Å². The number of benzene rings is 3. The molecule has 0 bridgehead atoms. The van der Waals surface area contributed by atoms with E-state index in [0.717, 1.165) is 31.7 Å². The fourth-order valence-corrected chi connectivity index (χ4v) is 7.48. The lowest BCUT2D eigenvalue weighted by molar-refractivity contribution is -0.669. The lowest BCUT2D eigenvalue weighted by Gasteiger charge is -2.31. The molecule has 0 saturated heterocycles. The molecule has 4 aromatic rings. The Morgan fingerprint density at radius 3 is 2.56 bits per heavy atom. The molecule has 3 nitrogen and oxygen atoms in total. The third-order valence-corrected chi connectivity index (χ3v) is 8.99. The zero-order valence-corrected chi connectivity index (χ0v) is 24.4. The normalized spacial score (nSPS) is 18.7. The largest absolute Gasteiger partial charge is 0.497 e. The zero-order valence-electron chi connectivity index (χ0n) is 23.6. The summed E-state index contributed by atoms with van der Waals surface area (Å²) >= 11 is 1.91. The van der Waals surface area contributed by atoms with Crippen molar-refractivity contribution in [3.8, 4) is 5.75 Å². The molecular weight excluding hydrogens is 496 g/mol. The Morgan fingerprint density at radius 1 is 0.949 bits per heavy atom. The summed E-state index contributed by atoms with van der Waals surface area (Å²) in [6, 6.07) is 24.1. The number of rotatable bonds is 5. The van der Waals surface area contributed by atoms with Crippen molar-refractivity contribution in [1.82, 2.24) is 0 Å². The second kappa shape index (κ2) is 10.2. The molecule has 2 aliphatic rings. The van der Waals surface area contributed by atoms with Crippen LogP contribution in [0.5, 0.6) is 5.75 Å². The Hall–Kier alpha value is -3.50. The molecule has 0 spiro atoms. The maximum absolute atomic E-state index is 5.45. The molecule has 0 N–H and O–H groups in total. The summed E-state index contributed by atoms with van der Waals surface area (Å²) in [6.45, 7) is 11.1.